The lowest BCUT2D eigenvalue weighted by atomic mass is 10.1. The summed E-state index contributed by atoms with van der Waals surface area (Å²) < 4.78 is 5.16. The molecule has 1 N–H and O–H groups in total. The van der Waals surface area contributed by atoms with Gasteiger partial charge in [0.15, 0.2) is 0 Å². The normalized spacial score (nSPS) is 14.8. The predicted octanol–water partition coefficient (Wildman–Crippen LogP) is 1.86. The van der Waals surface area contributed by atoms with Gasteiger partial charge in [-0.25, -0.2) is 0 Å². The molecule has 0 radical (unpaired) electrons. The van der Waals surface area contributed by atoms with Gasteiger partial charge in [-0.3, -0.25) is 9.97 Å². The van der Waals surface area contributed by atoms with Crippen molar-refractivity contribution in [2.24, 2.45) is 0 Å². The number of hydrogen-bond donors (Lipinski definition) is 1. The molecule has 1 aromatic rings. The minimum Gasteiger partial charge on any atom is -0.383 e. The van der Waals surface area contributed by atoms with E-state index in [4.69, 9.17) is 4.74 Å². The molecule has 0 saturated carbocycles. The van der Waals surface area contributed by atoms with E-state index in [9.17, 15) is 0 Å². The van der Waals surface area contributed by atoms with Gasteiger partial charge < -0.3 is 10.1 Å². The second-order valence-electron chi connectivity index (χ2n) is 3.98. The number of aromatic nitrogens is 2. The number of nitrogens with one attached hydrogen (secondary N) is 1. The van der Waals surface area contributed by atoms with Crippen LogP contribution in [0.2, 0.25) is 0 Å². The van der Waals surface area contributed by atoms with E-state index >= 15 is 0 Å². The van der Waals surface area contributed by atoms with E-state index in [2.05, 4.69) is 29.1 Å². The molecule has 0 saturated heterocycles. The fourth-order valence-electron chi connectivity index (χ4n) is 1.76. The maximum atomic E-state index is 5.16. The highest BCUT2D eigenvalue weighted by atomic mass is 16.5. The van der Waals surface area contributed by atoms with Gasteiger partial charge in [-0.2, -0.15) is 0 Å². The molecule has 1 aromatic heterocycles. The van der Waals surface area contributed by atoms with Gasteiger partial charge in [0.25, 0.3) is 0 Å². The van der Waals surface area contributed by atoms with Crippen LogP contribution in [-0.4, -0.2) is 29.7 Å². The van der Waals surface area contributed by atoms with Crippen LogP contribution in [0, 0.1) is 6.92 Å². The molecule has 1 heterocycles. The van der Waals surface area contributed by atoms with Crippen LogP contribution in [0.5, 0.6) is 0 Å². The molecule has 4 heteroatoms. The van der Waals surface area contributed by atoms with Gasteiger partial charge in [-0.05, 0) is 20.3 Å². The Hall–Kier alpha value is -1.00. The largest absolute Gasteiger partial charge is 0.383 e. The number of rotatable bonds is 6. The number of aryl methyl sites for hydroxylation is 1. The van der Waals surface area contributed by atoms with Gasteiger partial charge in [0.2, 0.25) is 0 Å². The first-order chi connectivity index (χ1) is 7.69. The average Bonchev–Trinajstić information content (AvgIpc) is 2.28. The van der Waals surface area contributed by atoms with Crippen molar-refractivity contribution in [2.45, 2.75) is 39.3 Å². The average molecular weight is 223 g/mol. The quantitative estimate of drug-likeness (QED) is 0.799. The van der Waals surface area contributed by atoms with Crippen LogP contribution >= 0.6 is 0 Å². The maximum Gasteiger partial charge on any atom is 0.0782 e. The van der Waals surface area contributed by atoms with E-state index in [0.29, 0.717) is 6.04 Å². The van der Waals surface area contributed by atoms with E-state index < -0.39 is 0 Å². The monoisotopic (exact) mass is 223 g/mol. The topological polar surface area (TPSA) is 47.0 Å². The molecule has 0 amide bonds. The summed E-state index contributed by atoms with van der Waals surface area (Å²) in [5.74, 6) is 0. The minimum absolute atomic E-state index is 0.203. The summed E-state index contributed by atoms with van der Waals surface area (Å²) in [6, 6.07) is 0.565. The Morgan fingerprint density at radius 2 is 2.06 bits per heavy atom. The Morgan fingerprint density at radius 1 is 1.38 bits per heavy atom. The van der Waals surface area contributed by atoms with Gasteiger partial charge in [-0.15, -0.1) is 0 Å². The molecule has 0 bridgehead atoms. The second kappa shape index (κ2) is 6.55. The first-order valence-corrected chi connectivity index (χ1v) is 5.71. The zero-order valence-electron chi connectivity index (χ0n) is 10.5. The fourth-order valence-corrected chi connectivity index (χ4v) is 1.76. The van der Waals surface area contributed by atoms with Crippen molar-refractivity contribution in [2.75, 3.05) is 13.7 Å². The second-order valence-corrected chi connectivity index (χ2v) is 3.98. The summed E-state index contributed by atoms with van der Waals surface area (Å²) in [4.78, 5) is 8.61. The van der Waals surface area contributed by atoms with E-state index in [1.165, 1.54) is 0 Å². The highest BCUT2D eigenvalue weighted by Crippen LogP contribution is 2.13. The zero-order chi connectivity index (χ0) is 12.0. The van der Waals surface area contributed by atoms with Gasteiger partial charge in [0.1, 0.15) is 0 Å². The number of hydrogen-bond acceptors (Lipinski definition) is 4. The SMILES string of the molecule is CCC(COC)NC(C)c1nccnc1C. The molecule has 0 fully saturated rings. The van der Waals surface area contributed by atoms with Crippen molar-refractivity contribution >= 4 is 0 Å². The molecule has 0 aromatic carbocycles. The van der Waals surface area contributed by atoms with E-state index in [1.807, 2.05) is 6.92 Å². The number of nitrogens with zero attached hydrogens (tertiary/aromatic N) is 2. The van der Waals surface area contributed by atoms with Crippen molar-refractivity contribution in [1.82, 2.24) is 15.3 Å². The van der Waals surface area contributed by atoms with Crippen LogP contribution in [0.25, 0.3) is 0 Å². The number of ether oxygens (including phenoxy) is 1. The molecule has 0 aliphatic carbocycles. The summed E-state index contributed by atoms with van der Waals surface area (Å²) in [5.41, 5.74) is 1.99. The van der Waals surface area contributed by atoms with Gasteiger partial charge >= 0.3 is 0 Å². The first-order valence-electron chi connectivity index (χ1n) is 5.71. The molecule has 2 unspecified atom stereocenters. The third-order valence-electron chi connectivity index (χ3n) is 2.68. The highest BCUT2D eigenvalue weighted by molar-refractivity contribution is 5.12. The molecular weight excluding hydrogens is 202 g/mol. The fraction of sp³-hybridized carbons (Fsp3) is 0.667. The summed E-state index contributed by atoms with van der Waals surface area (Å²) in [5, 5.41) is 3.50. The predicted molar refractivity (Wildman–Crippen MR) is 64.3 cm³/mol. The molecule has 4 nitrogen and oxygen atoms in total. The summed E-state index contributed by atoms with van der Waals surface area (Å²) in [6.45, 7) is 6.96. The summed E-state index contributed by atoms with van der Waals surface area (Å²) >= 11 is 0. The lowest BCUT2D eigenvalue weighted by Crippen LogP contribution is -2.35. The lowest BCUT2D eigenvalue weighted by molar-refractivity contribution is 0.159. The third kappa shape index (κ3) is 3.54. The Bertz CT molecular complexity index is 317. The summed E-state index contributed by atoms with van der Waals surface area (Å²) in [6.07, 6.45) is 4.49. The Morgan fingerprint density at radius 3 is 2.62 bits per heavy atom. The molecule has 16 heavy (non-hydrogen) atoms. The van der Waals surface area contributed by atoms with Crippen LogP contribution < -0.4 is 5.32 Å². The summed E-state index contributed by atoms with van der Waals surface area (Å²) in [7, 11) is 1.72. The van der Waals surface area contributed by atoms with Crippen molar-refractivity contribution in [3.63, 3.8) is 0 Å². The smallest absolute Gasteiger partial charge is 0.0782 e. The molecule has 90 valence electrons. The Kier molecular flexibility index (Phi) is 5.35. The molecule has 2 atom stereocenters. The van der Waals surface area contributed by atoms with Crippen LogP contribution in [0.3, 0.4) is 0 Å². The van der Waals surface area contributed by atoms with Crippen LogP contribution in [0.1, 0.15) is 37.7 Å². The van der Waals surface area contributed by atoms with Crippen LogP contribution in [0.4, 0.5) is 0 Å². The van der Waals surface area contributed by atoms with E-state index in [0.717, 1.165) is 24.4 Å². The zero-order valence-corrected chi connectivity index (χ0v) is 10.5. The van der Waals surface area contributed by atoms with Gasteiger partial charge in [0.05, 0.1) is 18.0 Å². The highest BCUT2D eigenvalue weighted by Gasteiger charge is 2.14. The van der Waals surface area contributed by atoms with Crippen LogP contribution in [0.15, 0.2) is 12.4 Å². The maximum absolute atomic E-state index is 5.16. The van der Waals surface area contributed by atoms with Crippen molar-refractivity contribution in [3.8, 4) is 0 Å². The Balaban J connectivity index is 2.64. The van der Waals surface area contributed by atoms with Crippen molar-refractivity contribution in [1.29, 1.82) is 0 Å². The standard InChI is InChI=1S/C12H21N3O/c1-5-11(8-16-4)15-10(3)12-9(2)13-6-7-14-12/h6-7,10-11,15H,5,8H2,1-4H3. The van der Waals surface area contributed by atoms with Gasteiger partial charge in [0, 0.05) is 31.6 Å². The number of methoxy groups -OCH3 is 1. The van der Waals surface area contributed by atoms with Crippen molar-refractivity contribution in [3.05, 3.63) is 23.8 Å². The molecule has 0 aliphatic rings. The van der Waals surface area contributed by atoms with Gasteiger partial charge in [-0.1, -0.05) is 6.92 Å². The first kappa shape index (κ1) is 13.1. The molecule has 1 rings (SSSR count). The molecule has 0 aliphatic heterocycles. The van der Waals surface area contributed by atoms with Crippen molar-refractivity contribution < 1.29 is 4.74 Å². The van der Waals surface area contributed by atoms with E-state index in [-0.39, 0.29) is 6.04 Å². The minimum atomic E-state index is 0.203. The lowest BCUT2D eigenvalue weighted by Gasteiger charge is -2.21. The van der Waals surface area contributed by atoms with Crippen LogP contribution in [-0.2, 0) is 4.74 Å². The Labute approximate surface area is 97.5 Å². The molecule has 0 spiro atoms. The van der Waals surface area contributed by atoms with E-state index in [1.54, 1.807) is 19.5 Å². The third-order valence-corrected chi connectivity index (χ3v) is 2.68. The molecular formula is C12H21N3O.